The van der Waals surface area contributed by atoms with E-state index in [-0.39, 0.29) is 25.2 Å². The average Bonchev–Trinajstić information content (AvgIpc) is 2.32. The first-order chi connectivity index (χ1) is 7.77. The summed E-state index contributed by atoms with van der Waals surface area (Å²) in [6.07, 6.45) is 3.34. The molecular formula is C11H12N2O3. The Morgan fingerprint density at radius 2 is 2.12 bits per heavy atom. The van der Waals surface area contributed by atoms with E-state index in [4.69, 9.17) is 10.2 Å². The predicted molar refractivity (Wildman–Crippen MR) is 58.2 cm³/mol. The molecule has 0 aromatic carbocycles. The summed E-state index contributed by atoms with van der Waals surface area (Å²) in [7, 11) is 0. The molecule has 84 valence electrons. The van der Waals surface area contributed by atoms with Gasteiger partial charge in [0.2, 0.25) is 0 Å². The molecule has 0 saturated heterocycles. The summed E-state index contributed by atoms with van der Waals surface area (Å²) in [5, 5.41) is 17.9. The van der Waals surface area contributed by atoms with Crippen LogP contribution in [0, 0.1) is 0 Å². The van der Waals surface area contributed by atoms with Gasteiger partial charge in [-0.25, -0.2) is 4.98 Å². The Morgan fingerprint density at radius 3 is 2.81 bits per heavy atom. The Hall–Kier alpha value is -1.72. The molecule has 2 heterocycles. The lowest BCUT2D eigenvalue weighted by molar-refractivity contribution is 0.282. The standard InChI is InChI=1S/C11H12N2O3/c14-5-3-8-6-12-10-9(7-15)2-1-4-13(10)11(8)16/h1-2,4,6,14-15H,3,5,7H2. The number of aliphatic hydroxyl groups is 2. The number of rotatable bonds is 3. The summed E-state index contributed by atoms with van der Waals surface area (Å²) >= 11 is 0. The van der Waals surface area contributed by atoms with E-state index in [0.29, 0.717) is 16.8 Å². The molecular weight excluding hydrogens is 208 g/mol. The summed E-state index contributed by atoms with van der Waals surface area (Å²) in [6.45, 7) is -0.237. The fourth-order valence-corrected chi connectivity index (χ4v) is 1.62. The number of hydrogen-bond acceptors (Lipinski definition) is 4. The SMILES string of the molecule is O=c1c(CCO)cnc2c(CO)cccn12. The largest absolute Gasteiger partial charge is 0.396 e. The first kappa shape index (κ1) is 10.8. The van der Waals surface area contributed by atoms with Crippen LogP contribution in [0.15, 0.2) is 29.3 Å². The molecule has 2 aromatic heterocycles. The molecule has 0 atom stereocenters. The molecule has 0 aliphatic heterocycles. The van der Waals surface area contributed by atoms with Crippen molar-refractivity contribution < 1.29 is 10.2 Å². The second kappa shape index (κ2) is 4.42. The molecule has 2 rings (SSSR count). The minimum absolute atomic E-state index is 0.0807. The first-order valence-electron chi connectivity index (χ1n) is 4.97. The van der Waals surface area contributed by atoms with Gasteiger partial charge < -0.3 is 10.2 Å². The maximum absolute atomic E-state index is 11.9. The van der Waals surface area contributed by atoms with E-state index in [1.54, 1.807) is 18.3 Å². The van der Waals surface area contributed by atoms with Crippen LogP contribution in [0.5, 0.6) is 0 Å². The maximum Gasteiger partial charge on any atom is 0.261 e. The Bertz CT molecular complexity index is 563. The van der Waals surface area contributed by atoms with Crippen LogP contribution in [0.1, 0.15) is 11.1 Å². The van der Waals surface area contributed by atoms with Crippen molar-refractivity contribution in [2.24, 2.45) is 0 Å². The van der Waals surface area contributed by atoms with Crippen molar-refractivity contribution in [3.05, 3.63) is 46.0 Å². The van der Waals surface area contributed by atoms with Gasteiger partial charge in [-0.15, -0.1) is 0 Å². The lowest BCUT2D eigenvalue weighted by Crippen LogP contribution is -2.20. The van der Waals surface area contributed by atoms with E-state index in [9.17, 15) is 4.79 Å². The number of fused-ring (bicyclic) bond motifs is 1. The molecule has 0 aliphatic rings. The van der Waals surface area contributed by atoms with Gasteiger partial charge in [0.15, 0.2) is 0 Å². The highest BCUT2D eigenvalue weighted by atomic mass is 16.3. The van der Waals surface area contributed by atoms with E-state index < -0.39 is 0 Å². The topological polar surface area (TPSA) is 74.8 Å². The third-order valence-corrected chi connectivity index (χ3v) is 2.44. The molecule has 2 N–H and O–H groups in total. The molecule has 5 heteroatoms. The van der Waals surface area contributed by atoms with E-state index in [1.165, 1.54) is 10.6 Å². The van der Waals surface area contributed by atoms with Gasteiger partial charge in [-0.1, -0.05) is 6.07 Å². The van der Waals surface area contributed by atoms with Gasteiger partial charge in [0.1, 0.15) is 5.65 Å². The van der Waals surface area contributed by atoms with Gasteiger partial charge >= 0.3 is 0 Å². The fraction of sp³-hybridized carbons (Fsp3) is 0.273. The lowest BCUT2D eigenvalue weighted by atomic mass is 10.2. The van der Waals surface area contributed by atoms with Crippen molar-refractivity contribution in [3.63, 3.8) is 0 Å². The van der Waals surface area contributed by atoms with Crippen LogP contribution in [0.2, 0.25) is 0 Å². The van der Waals surface area contributed by atoms with Crippen LogP contribution in [0.3, 0.4) is 0 Å². The zero-order valence-electron chi connectivity index (χ0n) is 8.63. The van der Waals surface area contributed by atoms with Gasteiger partial charge in [0.25, 0.3) is 5.56 Å². The van der Waals surface area contributed by atoms with Crippen LogP contribution >= 0.6 is 0 Å². The summed E-state index contributed by atoms with van der Waals surface area (Å²) in [5.41, 5.74) is 1.33. The highest BCUT2D eigenvalue weighted by Crippen LogP contribution is 2.06. The fourth-order valence-electron chi connectivity index (χ4n) is 1.62. The van der Waals surface area contributed by atoms with E-state index in [1.807, 2.05) is 0 Å². The molecule has 0 radical (unpaired) electrons. The van der Waals surface area contributed by atoms with Gasteiger partial charge in [-0.3, -0.25) is 9.20 Å². The molecule has 0 fully saturated rings. The predicted octanol–water partition coefficient (Wildman–Crippen LogP) is -0.278. The van der Waals surface area contributed by atoms with Crippen molar-refractivity contribution in [1.82, 2.24) is 9.38 Å². The number of hydrogen-bond donors (Lipinski definition) is 2. The average molecular weight is 220 g/mol. The molecule has 5 nitrogen and oxygen atoms in total. The summed E-state index contributed by atoms with van der Waals surface area (Å²) in [4.78, 5) is 16.0. The Labute approximate surface area is 91.6 Å². The zero-order valence-corrected chi connectivity index (χ0v) is 8.63. The Balaban J connectivity index is 2.71. The number of nitrogens with zero attached hydrogens (tertiary/aromatic N) is 2. The second-order valence-electron chi connectivity index (χ2n) is 3.45. The van der Waals surface area contributed by atoms with Crippen LogP contribution in [-0.2, 0) is 13.0 Å². The summed E-state index contributed by atoms with van der Waals surface area (Å²) in [5.74, 6) is 0. The van der Waals surface area contributed by atoms with Gasteiger partial charge in [0, 0.05) is 36.5 Å². The van der Waals surface area contributed by atoms with Gasteiger partial charge in [-0.05, 0) is 6.07 Å². The van der Waals surface area contributed by atoms with Crippen molar-refractivity contribution >= 4 is 5.65 Å². The zero-order chi connectivity index (χ0) is 11.5. The third-order valence-electron chi connectivity index (χ3n) is 2.44. The highest BCUT2D eigenvalue weighted by molar-refractivity contribution is 5.47. The molecule has 0 spiro atoms. The number of pyridine rings is 1. The van der Waals surface area contributed by atoms with Gasteiger partial charge in [-0.2, -0.15) is 0 Å². The van der Waals surface area contributed by atoms with Crippen molar-refractivity contribution in [1.29, 1.82) is 0 Å². The molecule has 16 heavy (non-hydrogen) atoms. The smallest absolute Gasteiger partial charge is 0.261 e. The number of aliphatic hydroxyl groups excluding tert-OH is 2. The van der Waals surface area contributed by atoms with E-state index >= 15 is 0 Å². The van der Waals surface area contributed by atoms with Gasteiger partial charge in [0.05, 0.1) is 6.61 Å². The van der Waals surface area contributed by atoms with Crippen LogP contribution in [0.25, 0.3) is 5.65 Å². The summed E-state index contributed by atoms with van der Waals surface area (Å²) in [6, 6.07) is 3.40. The second-order valence-corrected chi connectivity index (χ2v) is 3.45. The molecule has 0 unspecified atom stereocenters. The molecule has 2 aromatic rings. The van der Waals surface area contributed by atoms with Crippen molar-refractivity contribution in [3.8, 4) is 0 Å². The number of aromatic nitrogens is 2. The monoisotopic (exact) mass is 220 g/mol. The minimum atomic E-state index is -0.200. The lowest BCUT2D eigenvalue weighted by Gasteiger charge is -2.05. The normalized spacial score (nSPS) is 10.9. The maximum atomic E-state index is 11.9. The molecule has 0 aliphatic carbocycles. The quantitative estimate of drug-likeness (QED) is 0.746. The Kier molecular flexibility index (Phi) is 2.98. The van der Waals surface area contributed by atoms with Crippen molar-refractivity contribution in [2.75, 3.05) is 6.61 Å². The first-order valence-corrected chi connectivity index (χ1v) is 4.97. The van der Waals surface area contributed by atoms with E-state index in [0.717, 1.165) is 0 Å². The third kappa shape index (κ3) is 1.70. The summed E-state index contributed by atoms with van der Waals surface area (Å²) < 4.78 is 1.39. The van der Waals surface area contributed by atoms with E-state index in [2.05, 4.69) is 4.98 Å². The molecule has 0 bridgehead atoms. The van der Waals surface area contributed by atoms with Crippen LogP contribution < -0.4 is 5.56 Å². The van der Waals surface area contributed by atoms with Crippen LogP contribution in [-0.4, -0.2) is 26.2 Å². The van der Waals surface area contributed by atoms with Crippen LogP contribution in [0.4, 0.5) is 0 Å². The highest BCUT2D eigenvalue weighted by Gasteiger charge is 2.06. The van der Waals surface area contributed by atoms with Crippen molar-refractivity contribution in [2.45, 2.75) is 13.0 Å². The molecule has 0 amide bonds. The minimum Gasteiger partial charge on any atom is -0.396 e. The molecule has 0 saturated carbocycles. The Morgan fingerprint density at radius 1 is 1.31 bits per heavy atom.